The van der Waals surface area contributed by atoms with Crippen molar-refractivity contribution in [2.45, 2.75) is 6.61 Å². The smallest absolute Gasteiger partial charge is 0.170 e. The minimum Gasteiger partial charge on any atom is -0.488 e. The Labute approximate surface area is 128 Å². The highest BCUT2D eigenvalue weighted by Crippen LogP contribution is 2.26. The van der Waals surface area contributed by atoms with E-state index in [0.29, 0.717) is 4.47 Å². The molecule has 0 saturated carbocycles. The molecule has 0 aliphatic rings. The van der Waals surface area contributed by atoms with Crippen molar-refractivity contribution < 1.29 is 18.7 Å². The van der Waals surface area contributed by atoms with Crippen molar-refractivity contribution in [3.05, 3.63) is 63.6 Å². The number of hydrogen-bond acceptors (Lipinski definition) is 3. The molecule has 0 unspecified atom stereocenters. The second-order valence-corrected chi connectivity index (χ2v) is 5.01. The maximum Gasteiger partial charge on any atom is 0.170 e. The lowest BCUT2D eigenvalue weighted by Crippen LogP contribution is -2.13. The Morgan fingerprint density at radius 1 is 1.24 bits per heavy atom. The van der Waals surface area contributed by atoms with E-state index in [4.69, 9.17) is 15.7 Å². The molecule has 0 saturated heterocycles. The Morgan fingerprint density at radius 3 is 2.67 bits per heavy atom. The summed E-state index contributed by atoms with van der Waals surface area (Å²) in [5, 5.41) is 11.3. The van der Waals surface area contributed by atoms with Gasteiger partial charge in [-0.25, -0.2) is 8.78 Å². The number of halogens is 3. The van der Waals surface area contributed by atoms with E-state index in [1.165, 1.54) is 30.3 Å². The molecular weight excluding hydrogens is 346 g/mol. The molecule has 2 aromatic carbocycles. The predicted molar refractivity (Wildman–Crippen MR) is 77.3 cm³/mol. The molecule has 21 heavy (non-hydrogen) atoms. The average Bonchev–Trinajstić information content (AvgIpc) is 2.48. The van der Waals surface area contributed by atoms with Crippen LogP contribution in [0, 0.1) is 11.6 Å². The van der Waals surface area contributed by atoms with E-state index in [2.05, 4.69) is 21.1 Å². The first-order chi connectivity index (χ1) is 10.0. The van der Waals surface area contributed by atoms with Crippen LogP contribution in [-0.2, 0) is 6.61 Å². The van der Waals surface area contributed by atoms with Crippen molar-refractivity contribution in [3.63, 3.8) is 0 Å². The largest absolute Gasteiger partial charge is 0.488 e. The van der Waals surface area contributed by atoms with Gasteiger partial charge in [0.05, 0.1) is 4.47 Å². The Bertz CT molecular complexity index is 693. The third-order valence-electron chi connectivity index (χ3n) is 2.73. The van der Waals surface area contributed by atoms with Crippen molar-refractivity contribution in [1.82, 2.24) is 0 Å². The van der Waals surface area contributed by atoms with Gasteiger partial charge in [0.15, 0.2) is 5.84 Å². The number of nitrogens with two attached hydrogens (primary N) is 1. The summed E-state index contributed by atoms with van der Waals surface area (Å²) < 4.78 is 32.9. The number of oxime groups is 1. The van der Waals surface area contributed by atoms with Crippen LogP contribution in [0.5, 0.6) is 5.75 Å². The second-order valence-electron chi connectivity index (χ2n) is 4.15. The third kappa shape index (κ3) is 3.69. The Balaban J connectivity index is 2.15. The van der Waals surface area contributed by atoms with Gasteiger partial charge in [-0.3, -0.25) is 0 Å². The van der Waals surface area contributed by atoms with Crippen molar-refractivity contribution in [2.24, 2.45) is 10.9 Å². The van der Waals surface area contributed by atoms with Crippen molar-refractivity contribution >= 4 is 21.8 Å². The van der Waals surface area contributed by atoms with E-state index in [-0.39, 0.29) is 29.3 Å². The molecule has 0 radical (unpaired) electrons. The van der Waals surface area contributed by atoms with E-state index in [1.54, 1.807) is 0 Å². The Morgan fingerprint density at radius 2 is 2.00 bits per heavy atom. The summed E-state index contributed by atoms with van der Waals surface area (Å²) in [5.74, 6) is -0.924. The molecule has 0 aliphatic heterocycles. The molecule has 2 rings (SSSR count). The summed E-state index contributed by atoms with van der Waals surface area (Å²) in [4.78, 5) is 0. The van der Waals surface area contributed by atoms with Crippen LogP contribution in [0.15, 0.2) is 46.0 Å². The number of benzene rings is 2. The standard InChI is InChI=1S/C14H11BrF2N2O2/c15-11-4-3-10(16)6-13(11)21-7-9-2-1-8(5-12(9)17)14(18)19-20/h1-6,20H,7H2,(H2,18,19). The SMILES string of the molecule is N/C(=N/O)c1ccc(COc2cc(F)ccc2Br)c(F)c1. The first-order valence-corrected chi connectivity index (χ1v) is 6.64. The summed E-state index contributed by atoms with van der Waals surface area (Å²) in [6.07, 6.45) is 0. The van der Waals surface area contributed by atoms with Crippen LogP contribution >= 0.6 is 15.9 Å². The van der Waals surface area contributed by atoms with Gasteiger partial charge in [0, 0.05) is 17.2 Å². The molecule has 0 aromatic heterocycles. The first kappa shape index (κ1) is 15.2. The molecule has 2 aromatic rings. The summed E-state index contributed by atoms with van der Waals surface area (Å²) in [7, 11) is 0. The van der Waals surface area contributed by atoms with Gasteiger partial charge in [-0.15, -0.1) is 0 Å². The molecule has 110 valence electrons. The summed E-state index contributed by atoms with van der Waals surface area (Å²) in [5.41, 5.74) is 5.89. The summed E-state index contributed by atoms with van der Waals surface area (Å²) in [6.45, 7) is -0.0790. The molecule has 7 heteroatoms. The average molecular weight is 357 g/mol. The van der Waals surface area contributed by atoms with E-state index in [9.17, 15) is 8.78 Å². The van der Waals surface area contributed by atoms with Gasteiger partial charge in [0.1, 0.15) is 24.0 Å². The molecule has 0 heterocycles. The zero-order chi connectivity index (χ0) is 15.4. The molecule has 3 N–H and O–H groups in total. The highest BCUT2D eigenvalue weighted by molar-refractivity contribution is 9.10. The maximum atomic E-state index is 13.9. The van der Waals surface area contributed by atoms with Crippen molar-refractivity contribution in [3.8, 4) is 5.75 Å². The van der Waals surface area contributed by atoms with Gasteiger partial charge in [0.25, 0.3) is 0 Å². The number of hydrogen-bond donors (Lipinski definition) is 2. The van der Waals surface area contributed by atoms with E-state index < -0.39 is 11.6 Å². The van der Waals surface area contributed by atoms with Crippen LogP contribution in [-0.4, -0.2) is 11.0 Å². The number of nitrogens with zero attached hydrogens (tertiary/aromatic N) is 1. The van der Waals surface area contributed by atoms with Crippen molar-refractivity contribution in [2.75, 3.05) is 0 Å². The van der Waals surface area contributed by atoms with E-state index in [1.807, 2.05) is 0 Å². The van der Waals surface area contributed by atoms with Crippen molar-refractivity contribution in [1.29, 1.82) is 0 Å². The number of amidine groups is 1. The van der Waals surface area contributed by atoms with Gasteiger partial charge in [-0.2, -0.15) is 0 Å². The fourth-order valence-electron chi connectivity index (χ4n) is 1.62. The van der Waals surface area contributed by atoms with Crippen LogP contribution in [0.4, 0.5) is 8.78 Å². The van der Waals surface area contributed by atoms with Crippen LogP contribution in [0.2, 0.25) is 0 Å². The van der Waals surface area contributed by atoms with Crippen LogP contribution in [0.1, 0.15) is 11.1 Å². The molecule has 0 spiro atoms. The monoisotopic (exact) mass is 356 g/mol. The predicted octanol–water partition coefficient (Wildman–Crippen LogP) is 3.40. The Kier molecular flexibility index (Phi) is 4.74. The van der Waals surface area contributed by atoms with Gasteiger partial charge in [-0.05, 0) is 34.1 Å². The lowest BCUT2D eigenvalue weighted by atomic mass is 10.1. The zero-order valence-corrected chi connectivity index (χ0v) is 12.3. The lowest BCUT2D eigenvalue weighted by Gasteiger charge is -2.10. The quantitative estimate of drug-likeness (QED) is 0.381. The fraction of sp³-hybridized carbons (Fsp3) is 0.0714. The molecule has 0 aliphatic carbocycles. The van der Waals surface area contributed by atoms with Gasteiger partial charge in [0.2, 0.25) is 0 Å². The maximum absolute atomic E-state index is 13.9. The molecule has 0 atom stereocenters. The van der Waals surface area contributed by atoms with Crippen LogP contribution in [0.25, 0.3) is 0 Å². The van der Waals surface area contributed by atoms with E-state index >= 15 is 0 Å². The van der Waals surface area contributed by atoms with Crippen LogP contribution < -0.4 is 10.5 Å². The lowest BCUT2D eigenvalue weighted by molar-refractivity contribution is 0.296. The molecule has 0 bridgehead atoms. The zero-order valence-electron chi connectivity index (χ0n) is 10.7. The second kappa shape index (κ2) is 6.53. The number of ether oxygens (including phenoxy) is 1. The molecule has 4 nitrogen and oxygen atoms in total. The molecule has 0 amide bonds. The fourth-order valence-corrected chi connectivity index (χ4v) is 1.99. The third-order valence-corrected chi connectivity index (χ3v) is 3.39. The van der Waals surface area contributed by atoms with Gasteiger partial charge >= 0.3 is 0 Å². The van der Waals surface area contributed by atoms with E-state index in [0.717, 1.165) is 6.07 Å². The normalized spacial score (nSPS) is 11.5. The van der Waals surface area contributed by atoms with Gasteiger partial charge in [-0.1, -0.05) is 17.3 Å². The summed E-state index contributed by atoms with van der Waals surface area (Å²) >= 11 is 3.22. The Hall–Kier alpha value is -2.15. The van der Waals surface area contributed by atoms with Crippen LogP contribution in [0.3, 0.4) is 0 Å². The topological polar surface area (TPSA) is 67.8 Å². The highest BCUT2D eigenvalue weighted by atomic mass is 79.9. The molecular formula is C14H11BrF2N2O2. The summed E-state index contributed by atoms with van der Waals surface area (Å²) in [6, 6.07) is 8.07. The molecule has 0 fully saturated rings. The minimum absolute atomic E-state index is 0.0790. The number of rotatable bonds is 4. The first-order valence-electron chi connectivity index (χ1n) is 5.85. The highest BCUT2D eigenvalue weighted by Gasteiger charge is 2.09. The van der Waals surface area contributed by atoms with Gasteiger partial charge < -0.3 is 15.7 Å². The minimum atomic E-state index is -0.563.